The first-order valence-electron chi connectivity index (χ1n) is 9.79. The Morgan fingerprint density at radius 3 is 2.40 bits per heavy atom. The van der Waals surface area contributed by atoms with Crippen molar-refractivity contribution in [3.05, 3.63) is 76.5 Å². The Kier molecular flexibility index (Phi) is 4.27. The highest BCUT2D eigenvalue weighted by atomic mass is 19.1. The number of hydrogen-bond acceptors (Lipinski definition) is 4. The first-order chi connectivity index (χ1) is 14.5. The molecule has 0 saturated carbocycles. The highest BCUT2D eigenvalue weighted by molar-refractivity contribution is 5.97. The Morgan fingerprint density at radius 1 is 0.933 bits per heavy atom. The summed E-state index contributed by atoms with van der Waals surface area (Å²) in [7, 11) is 1.70. The SMILES string of the molecule is Cn1c(=O)c2ccnn2c2ccc(C(=O)N3CCN(c4ccc(F)cc4)CC3)cc21. The van der Waals surface area contributed by atoms with Crippen LogP contribution in [0.1, 0.15) is 10.4 Å². The zero-order valence-electron chi connectivity index (χ0n) is 16.5. The van der Waals surface area contributed by atoms with Gasteiger partial charge in [0.05, 0.1) is 17.2 Å². The van der Waals surface area contributed by atoms with Crippen molar-refractivity contribution in [1.29, 1.82) is 0 Å². The molecule has 152 valence electrons. The number of anilines is 1. The Bertz CT molecular complexity index is 1320. The number of fused-ring (bicyclic) bond motifs is 3. The highest BCUT2D eigenvalue weighted by Gasteiger charge is 2.23. The lowest BCUT2D eigenvalue weighted by molar-refractivity contribution is 0.0747. The molecule has 1 saturated heterocycles. The maximum Gasteiger partial charge on any atom is 0.276 e. The molecular weight excluding hydrogens is 385 g/mol. The lowest BCUT2D eigenvalue weighted by Gasteiger charge is -2.36. The van der Waals surface area contributed by atoms with E-state index in [4.69, 9.17) is 0 Å². The summed E-state index contributed by atoms with van der Waals surface area (Å²) >= 11 is 0. The van der Waals surface area contributed by atoms with E-state index in [2.05, 4.69) is 10.00 Å². The predicted octanol–water partition coefficient (Wildman–Crippen LogP) is 2.29. The van der Waals surface area contributed by atoms with E-state index in [-0.39, 0.29) is 17.3 Å². The van der Waals surface area contributed by atoms with Gasteiger partial charge in [0, 0.05) is 44.5 Å². The fourth-order valence-corrected chi connectivity index (χ4v) is 4.04. The minimum atomic E-state index is -0.259. The van der Waals surface area contributed by atoms with E-state index in [9.17, 15) is 14.0 Å². The van der Waals surface area contributed by atoms with E-state index in [1.807, 2.05) is 11.0 Å². The molecular formula is C22H20FN5O2. The van der Waals surface area contributed by atoms with Crippen molar-refractivity contribution < 1.29 is 9.18 Å². The Morgan fingerprint density at radius 2 is 1.67 bits per heavy atom. The third-order valence-electron chi connectivity index (χ3n) is 5.74. The summed E-state index contributed by atoms with van der Waals surface area (Å²) in [5, 5.41) is 4.23. The summed E-state index contributed by atoms with van der Waals surface area (Å²) in [5.41, 5.74) is 3.27. The van der Waals surface area contributed by atoms with E-state index < -0.39 is 0 Å². The van der Waals surface area contributed by atoms with E-state index in [1.165, 1.54) is 12.1 Å². The topological polar surface area (TPSA) is 62.9 Å². The van der Waals surface area contributed by atoms with Crippen molar-refractivity contribution >= 4 is 28.1 Å². The minimum absolute atomic E-state index is 0.0660. The molecule has 0 N–H and O–H groups in total. The van der Waals surface area contributed by atoms with Crippen LogP contribution in [0.4, 0.5) is 10.1 Å². The number of aryl methyl sites for hydroxylation is 1. The van der Waals surface area contributed by atoms with Crippen LogP contribution in [-0.2, 0) is 7.05 Å². The van der Waals surface area contributed by atoms with Gasteiger partial charge in [-0.25, -0.2) is 8.91 Å². The van der Waals surface area contributed by atoms with Crippen molar-refractivity contribution in [2.45, 2.75) is 0 Å². The van der Waals surface area contributed by atoms with Crippen molar-refractivity contribution in [1.82, 2.24) is 19.1 Å². The molecule has 30 heavy (non-hydrogen) atoms. The normalized spacial score (nSPS) is 14.6. The zero-order valence-corrected chi connectivity index (χ0v) is 16.5. The molecule has 8 heteroatoms. The fraction of sp³-hybridized carbons (Fsp3) is 0.227. The van der Waals surface area contributed by atoms with Gasteiger partial charge in [-0.2, -0.15) is 5.10 Å². The second-order valence-electron chi connectivity index (χ2n) is 7.45. The van der Waals surface area contributed by atoms with Gasteiger partial charge < -0.3 is 14.4 Å². The van der Waals surface area contributed by atoms with E-state index in [1.54, 1.807) is 52.7 Å². The molecule has 1 aliphatic heterocycles. The second-order valence-corrected chi connectivity index (χ2v) is 7.45. The lowest BCUT2D eigenvalue weighted by atomic mass is 10.1. The van der Waals surface area contributed by atoms with Crippen LogP contribution in [0, 0.1) is 5.82 Å². The van der Waals surface area contributed by atoms with Crippen molar-refractivity contribution in [2.24, 2.45) is 7.05 Å². The Labute approximate surface area is 171 Å². The van der Waals surface area contributed by atoms with Crippen LogP contribution in [0.5, 0.6) is 0 Å². The minimum Gasteiger partial charge on any atom is -0.368 e. The quantitative estimate of drug-likeness (QED) is 0.513. The monoisotopic (exact) mass is 405 g/mol. The maximum absolute atomic E-state index is 13.1. The van der Waals surface area contributed by atoms with Crippen molar-refractivity contribution in [2.75, 3.05) is 31.1 Å². The lowest BCUT2D eigenvalue weighted by Crippen LogP contribution is -2.48. The number of carbonyl (C=O) groups is 1. The summed E-state index contributed by atoms with van der Waals surface area (Å²) in [4.78, 5) is 29.6. The average molecular weight is 405 g/mol. The Balaban J connectivity index is 1.40. The largest absolute Gasteiger partial charge is 0.368 e. The molecule has 7 nitrogen and oxygen atoms in total. The number of nitrogens with zero attached hydrogens (tertiary/aromatic N) is 5. The number of halogens is 1. The predicted molar refractivity (Wildman–Crippen MR) is 112 cm³/mol. The molecule has 2 aromatic heterocycles. The fourth-order valence-electron chi connectivity index (χ4n) is 4.04. The summed E-state index contributed by atoms with van der Waals surface area (Å²) in [6.07, 6.45) is 1.59. The molecule has 2 aromatic carbocycles. The number of benzene rings is 2. The summed E-state index contributed by atoms with van der Waals surface area (Å²) < 4.78 is 16.3. The van der Waals surface area contributed by atoms with Crippen LogP contribution in [0.15, 0.2) is 59.5 Å². The van der Waals surface area contributed by atoms with Gasteiger partial charge in [0.1, 0.15) is 11.3 Å². The summed E-state index contributed by atoms with van der Waals surface area (Å²) in [5.74, 6) is -0.325. The Hall–Kier alpha value is -3.68. The van der Waals surface area contributed by atoms with E-state index >= 15 is 0 Å². The molecule has 0 aliphatic carbocycles. The van der Waals surface area contributed by atoms with E-state index in [0.717, 1.165) is 11.2 Å². The molecule has 0 bridgehead atoms. The number of carbonyl (C=O) groups excluding carboxylic acids is 1. The smallest absolute Gasteiger partial charge is 0.276 e. The third-order valence-corrected chi connectivity index (χ3v) is 5.74. The average Bonchev–Trinajstić information content (AvgIpc) is 3.27. The zero-order chi connectivity index (χ0) is 20.8. The first-order valence-corrected chi connectivity index (χ1v) is 9.79. The molecule has 0 atom stereocenters. The van der Waals surface area contributed by atoms with Crippen LogP contribution in [-0.4, -0.2) is 51.2 Å². The molecule has 3 heterocycles. The van der Waals surface area contributed by atoms with Crippen molar-refractivity contribution in [3.63, 3.8) is 0 Å². The third kappa shape index (κ3) is 2.92. The molecule has 0 spiro atoms. The van der Waals surface area contributed by atoms with Crippen molar-refractivity contribution in [3.8, 4) is 0 Å². The van der Waals surface area contributed by atoms with Gasteiger partial charge in [0.15, 0.2) is 0 Å². The van der Waals surface area contributed by atoms with Crippen LogP contribution < -0.4 is 10.5 Å². The van der Waals surface area contributed by atoms with Crippen LogP contribution in [0.2, 0.25) is 0 Å². The number of rotatable bonds is 2. The van der Waals surface area contributed by atoms with Gasteiger partial charge in [-0.15, -0.1) is 0 Å². The van der Waals surface area contributed by atoms with Crippen LogP contribution in [0.3, 0.4) is 0 Å². The molecule has 5 rings (SSSR count). The molecule has 1 aliphatic rings. The summed E-state index contributed by atoms with van der Waals surface area (Å²) in [6, 6.07) is 13.5. The van der Waals surface area contributed by atoms with Gasteiger partial charge in [-0.1, -0.05) is 0 Å². The van der Waals surface area contributed by atoms with Gasteiger partial charge >= 0.3 is 0 Å². The molecule has 4 aromatic rings. The number of hydrogen-bond donors (Lipinski definition) is 0. The molecule has 0 radical (unpaired) electrons. The highest BCUT2D eigenvalue weighted by Crippen LogP contribution is 2.20. The number of piperazine rings is 1. The number of aromatic nitrogens is 3. The van der Waals surface area contributed by atoms with Crippen LogP contribution >= 0.6 is 0 Å². The standard InChI is InChI=1S/C22H20FN5O2/c1-25-20-14-15(2-7-18(20)28-19(22(25)30)8-9-24-28)21(29)27-12-10-26(11-13-27)17-5-3-16(23)4-6-17/h2-9,14H,10-13H2,1H3. The first kappa shape index (κ1) is 18.4. The van der Waals surface area contributed by atoms with Gasteiger partial charge in [0.2, 0.25) is 0 Å². The molecule has 0 unspecified atom stereocenters. The maximum atomic E-state index is 13.1. The summed E-state index contributed by atoms with van der Waals surface area (Å²) in [6.45, 7) is 2.51. The number of amides is 1. The van der Waals surface area contributed by atoms with Gasteiger partial charge in [-0.05, 0) is 48.5 Å². The molecule has 1 fully saturated rings. The molecule has 1 amide bonds. The van der Waals surface area contributed by atoms with Gasteiger partial charge in [0.25, 0.3) is 11.5 Å². The van der Waals surface area contributed by atoms with Crippen LogP contribution in [0.25, 0.3) is 16.6 Å². The second kappa shape index (κ2) is 6.98. The van der Waals surface area contributed by atoms with Gasteiger partial charge in [-0.3, -0.25) is 9.59 Å². The van der Waals surface area contributed by atoms with E-state index in [0.29, 0.717) is 42.8 Å².